The van der Waals surface area contributed by atoms with Gasteiger partial charge in [-0.25, -0.2) is 4.99 Å². The Bertz CT molecular complexity index is 1030. The number of nitrogens with zero attached hydrogens (tertiary/aromatic N) is 5. The fraction of sp³-hybridized carbons (Fsp3) is 0.591. The van der Waals surface area contributed by atoms with E-state index in [1.807, 2.05) is 0 Å². The zero-order valence-corrected chi connectivity index (χ0v) is 20.4. The summed E-state index contributed by atoms with van der Waals surface area (Å²) in [6.45, 7) is 2.45. The quantitative estimate of drug-likeness (QED) is 0.286. The number of esters is 1. The first-order chi connectivity index (χ1) is 17.5. The van der Waals surface area contributed by atoms with Crippen molar-refractivity contribution in [3.05, 3.63) is 51.2 Å². The lowest BCUT2D eigenvalue weighted by atomic mass is 10.0. The van der Waals surface area contributed by atoms with Crippen LogP contribution in [-0.4, -0.2) is 77.9 Å². The highest BCUT2D eigenvalue weighted by Gasteiger charge is 2.39. The van der Waals surface area contributed by atoms with Crippen molar-refractivity contribution < 1.29 is 37.1 Å². The van der Waals surface area contributed by atoms with Crippen LogP contribution in [0.15, 0.2) is 34.8 Å². The van der Waals surface area contributed by atoms with Gasteiger partial charge in [-0.3, -0.25) is 19.9 Å². The van der Waals surface area contributed by atoms with Gasteiger partial charge in [-0.1, -0.05) is 6.07 Å². The number of carbonyl (C=O) groups is 1. The minimum absolute atomic E-state index is 0.0562. The highest BCUT2D eigenvalue weighted by molar-refractivity contribution is 5.98. The van der Waals surface area contributed by atoms with Gasteiger partial charge in [0.25, 0.3) is 0 Å². The Morgan fingerprint density at radius 1 is 1.35 bits per heavy atom. The maximum atomic E-state index is 12.9. The molecule has 0 saturated carbocycles. The molecule has 3 rings (SSSR count). The normalized spacial score (nSPS) is 19.0. The van der Waals surface area contributed by atoms with Crippen LogP contribution in [0.3, 0.4) is 0 Å². The predicted molar refractivity (Wildman–Crippen MR) is 123 cm³/mol. The lowest BCUT2D eigenvalue weighted by Crippen LogP contribution is -2.48. The van der Waals surface area contributed by atoms with Crippen LogP contribution < -0.4 is 5.73 Å². The predicted octanol–water partition coefficient (Wildman–Crippen LogP) is 1.94. The van der Waals surface area contributed by atoms with Gasteiger partial charge in [0.05, 0.1) is 18.1 Å². The van der Waals surface area contributed by atoms with Gasteiger partial charge < -0.3 is 29.7 Å². The lowest BCUT2D eigenvalue weighted by Gasteiger charge is -2.34. The Kier molecular flexibility index (Phi) is 9.26. The molecule has 2 aliphatic heterocycles. The molecule has 12 nitrogen and oxygen atoms in total. The number of ether oxygens (including phenoxy) is 3. The van der Waals surface area contributed by atoms with Crippen molar-refractivity contribution in [2.45, 2.75) is 38.8 Å². The molecule has 204 valence electrons. The number of hydrogen-bond acceptors (Lipinski definition) is 11. The largest absolute Gasteiger partial charge is 0.465 e. The second kappa shape index (κ2) is 12.2. The number of nitrogens with two attached hydrogens (primary N) is 1. The Morgan fingerprint density at radius 2 is 2.05 bits per heavy atom. The molecule has 0 spiro atoms. The first kappa shape index (κ1) is 28.1. The molecule has 1 atom stereocenters. The van der Waals surface area contributed by atoms with Crippen LogP contribution in [0.25, 0.3) is 0 Å². The van der Waals surface area contributed by atoms with E-state index in [9.17, 15) is 28.1 Å². The summed E-state index contributed by atoms with van der Waals surface area (Å²) in [5.41, 5.74) is 4.69. The van der Waals surface area contributed by atoms with E-state index in [1.165, 1.54) is 22.9 Å². The zero-order valence-electron chi connectivity index (χ0n) is 20.4. The molecule has 0 aromatic carbocycles. The third kappa shape index (κ3) is 7.29. The third-order valence-electron chi connectivity index (χ3n) is 5.82. The highest BCUT2D eigenvalue weighted by atomic mass is 19.4. The molecule has 1 unspecified atom stereocenters. The van der Waals surface area contributed by atoms with Gasteiger partial charge in [0, 0.05) is 33.0 Å². The Hall–Kier alpha value is -3.46. The number of nitro groups is 1. The fourth-order valence-electron chi connectivity index (χ4n) is 3.82. The molecule has 3 heterocycles. The molecule has 0 aliphatic carbocycles. The number of alkyl halides is 3. The van der Waals surface area contributed by atoms with Crippen molar-refractivity contribution in [1.29, 1.82) is 0 Å². The molecule has 2 aliphatic rings. The average Bonchev–Trinajstić information content (AvgIpc) is 2.84. The summed E-state index contributed by atoms with van der Waals surface area (Å²) >= 11 is 0. The van der Waals surface area contributed by atoms with E-state index in [0.29, 0.717) is 19.8 Å². The maximum absolute atomic E-state index is 12.9. The van der Waals surface area contributed by atoms with Crippen LogP contribution in [0.2, 0.25) is 0 Å². The molecule has 1 aromatic heterocycles. The van der Waals surface area contributed by atoms with Crippen LogP contribution in [0.4, 0.5) is 13.2 Å². The van der Waals surface area contributed by atoms with E-state index in [1.54, 1.807) is 6.92 Å². The van der Waals surface area contributed by atoms with Gasteiger partial charge in [-0.05, 0) is 37.3 Å². The maximum Gasteiger partial charge on any atom is 0.433 e. The van der Waals surface area contributed by atoms with Crippen molar-refractivity contribution in [2.75, 3.05) is 40.0 Å². The van der Waals surface area contributed by atoms with Crippen molar-refractivity contribution in [3.8, 4) is 0 Å². The van der Waals surface area contributed by atoms with E-state index >= 15 is 0 Å². The summed E-state index contributed by atoms with van der Waals surface area (Å²) in [5, 5.41) is 12.0. The minimum atomic E-state index is -4.63. The van der Waals surface area contributed by atoms with Crippen LogP contribution in [-0.2, 0) is 31.7 Å². The van der Waals surface area contributed by atoms with E-state index < -0.39 is 41.4 Å². The average molecular weight is 531 g/mol. The summed E-state index contributed by atoms with van der Waals surface area (Å²) in [6.07, 6.45) is -3.11. The Labute approximate surface area is 211 Å². The SMILES string of the molecule is CCOC(=O)CN(Cc1ccc(C(F)(F)F)nc1)C1=NC(OCC2CCOCC2)N(C)C(N)=C1[N+](=O)[O-]. The molecule has 37 heavy (non-hydrogen) atoms. The fourth-order valence-corrected chi connectivity index (χ4v) is 3.82. The number of aromatic nitrogens is 1. The number of halogens is 3. The van der Waals surface area contributed by atoms with Gasteiger partial charge in [-0.2, -0.15) is 13.2 Å². The molecule has 0 bridgehead atoms. The number of aliphatic imine (C=N–C) groups is 1. The van der Waals surface area contributed by atoms with Crippen LogP contribution in [0, 0.1) is 16.0 Å². The number of amidine groups is 1. The number of carbonyl (C=O) groups excluding carboxylic acids is 1. The summed E-state index contributed by atoms with van der Waals surface area (Å²) in [7, 11) is 1.49. The summed E-state index contributed by atoms with van der Waals surface area (Å²) < 4.78 is 55.0. The summed E-state index contributed by atoms with van der Waals surface area (Å²) in [6, 6.07) is 1.95. The van der Waals surface area contributed by atoms with Crippen LogP contribution >= 0.6 is 0 Å². The zero-order chi connectivity index (χ0) is 27.2. The first-order valence-corrected chi connectivity index (χ1v) is 11.6. The molecule has 1 aromatic rings. The standard InChI is InChI=1S/C22H29F3N6O6/c1-3-36-17(32)12-30(11-15-4-5-16(27-10-15)22(23,24)25)20-18(31(33)34)19(26)29(2)21(28-20)37-13-14-6-8-35-9-7-14/h4-5,10,14,21H,3,6-9,11-13,26H2,1-2H3. The second-order valence-corrected chi connectivity index (χ2v) is 8.48. The Balaban J connectivity index is 1.93. The third-order valence-corrected chi connectivity index (χ3v) is 5.82. The number of rotatable bonds is 9. The number of hydrogen-bond donors (Lipinski definition) is 1. The van der Waals surface area contributed by atoms with Gasteiger partial charge in [0.2, 0.25) is 12.2 Å². The molecular formula is C22H29F3N6O6. The van der Waals surface area contributed by atoms with Crippen LogP contribution in [0.5, 0.6) is 0 Å². The smallest absolute Gasteiger partial charge is 0.433 e. The topological polar surface area (TPSA) is 146 Å². The summed E-state index contributed by atoms with van der Waals surface area (Å²) in [5.74, 6) is -1.02. The second-order valence-electron chi connectivity index (χ2n) is 8.48. The molecular weight excluding hydrogens is 501 g/mol. The monoisotopic (exact) mass is 530 g/mol. The molecule has 2 N–H and O–H groups in total. The lowest BCUT2D eigenvalue weighted by molar-refractivity contribution is -0.419. The molecule has 0 amide bonds. The van der Waals surface area contributed by atoms with Gasteiger partial charge in [-0.15, -0.1) is 0 Å². The van der Waals surface area contributed by atoms with Crippen molar-refractivity contribution in [1.82, 2.24) is 14.8 Å². The molecule has 15 heteroatoms. The van der Waals surface area contributed by atoms with Crippen LogP contribution in [0.1, 0.15) is 31.0 Å². The number of pyridine rings is 1. The van der Waals surface area contributed by atoms with Gasteiger partial charge in [0.15, 0.2) is 5.82 Å². The van der Waals surface area contributed by atoms with E-state index in [0.717, 1.165) is 25.1 Å². The summed E-state index contributed by atoms with van der Waals surface area (Å²) in [4.78, 5) is 33.9. The van der Waals surface area contributed by atoms with Gasteiger partial charge >= 0.3 is 17.8 Å². The molecule has 1 saturated heterocycles. The van der Waals surface area contributed by atoms with E-state index in [4.69, 9.17) is 19.9 Å². The van der Waals surface area contributed by atoms with Crippen molar-refractivity contribution >= 4 is 11.8 Å². The first-order valence-electron chi connectivity index (χ1n) is 11.6. The van der Waals surface area contributed by atoms with E-state index in [-0.39, 0.29) is 36.3 Å². The highest BCUT2D eigenvalue weighted by Crippen LogP contribution is 2.28. The minimum Gasteiger partial charge on any atom is -0.465 e. The van der Waals surface area contributed by atoms with Gasteiger partial charge in [0.1, 0.15) is 12.2 Å². The van der Waals surface area contributed by atoms with Crippen molar-refractivity contribution in [3.63, 3.8) is 0 Å². The van der Waals surface area contributed by atoms with Crippen molar-refractivity contribution in [2.24, 2.45) is 16.6 Å². The van der Waals surface area contributed by atoms with E-state index in [2.05, 4.69) is 9.98 Å². The molecule has 0 radical (unpaired) electrons. The molecule has 1 fully saturated rings. The Morgan fingerprint density at radius 3 is 2.62 bits per heavy atom.